The van der Waals surface area contributed by atoms with Crippen LogP contribution in [0.25, 0.3) is 22.5 Å². The number of benzene rings is 1. The Kier molecular flexibility index (Phi) is 3.83. The number of carbonyl (C=O) groups excluding carboxylic acids is 1. The maximum atomic E-state index is 12.7. The van der Waals surface area contributed by atoms with Gasteiger partial charge in [-0.25, -0.2) is 0 Å². The molecule has 23 heavy (non-hydrogen) atoms. The average molecular weight is 334 g/mol. The van der Waals surface area contributed by atoms with E-state index in [1.54, 1.807) is 18.2 Å². The van der Waals surface area contributed by atoms with Gasteiger partial charge in [0.15, 0.2) is 5.76 Å². The standard InChI is InChI=1S/C16H11ClO6/c1-8(16(19)20)22-15-13(18)10-7-9(17)4-5-11(10)23-14(15)12-3-2-6-21-12/h2-8H,1H3,(H,19,20)/p-1/t8-/m0/s1. The molecule has 6 nitrogen and oxygen atoms in total. The molecule has 1 aromatic carbocycles. The lowest BCUT2D eigenvalue weighted by Gasteiger charge is -2.16. The second kappa shape index (κ2) is 5.81. The number of hydrogen-bond donors (Lipinski definition) is 0. The largest absolute Gasteiger partial charge is 0.546 e. The van der Waals surface area contributed by atoms with Crippen LogP contribution in [0.5, 0.6) is 5.75 Å². The summed E-state index contributed by atoms with van der Waals surface area (Å²) in [7, 11) is 0. The molecule has 2 heterocycles. The van der Waals surface area contributed by atoms with Gasteiger partial charge in [0.05, 0.1) is 17.6 Å². The number of rotatable bonds is 4. The summed E-state index contributed by atoms with van der Waals surface area (Å²) in [6, 6.07) is 7.70. The van der Waals surface area contributed by atoms with Gasteiger partial charge in [-0.1, -0.05) is 11.6 Å². The fourth-order valence-corrected chi connectivity index (χ4v) is 2.22. The van der Waals surface area contributed by atoms with Crippen LogP contribution < -0.4 is 15.3 Å². The highest BCUT2D eigenvalue weighted by atomic mass is 35.5. The highest BCUT2D eigenvalue weighted by Crippen LogP contribution is 2.32. The van der Waals surface area contributed by atoms with Crippen molar-refractivity contribution in [1.29, 1.82) is 0 Å². The van der Waals surface area contributed by atoms with Gasteiger partial charge < -0.3 is 23.5 Å². The highest BCUT2D eigenvalue weighted by molar-refractivity contribution is 6.31. The molecule has 0 unspecified atom stereocenters. The Morgan fingerprint density at radius 2 is 2.13 bits per heavy atom. The number of furan rings is 1. The second-order valence-electron chi connectivity index (χ2n) is 4.79. The third-order valence-corrected chi connectivity index (χ3v) is 3.42. The molecule has 0 bridgehead atoms. The number of carbonyl (C=O) groups is 1. The third kappa shape index (κ3) is 2.80. The van der Waals surface area contributed by atoms with Gasteiger partial charge in [0.1, 0.15) is 11.7 Å². The molecule has 0 aliphatic carbocycles. The topological polar surface area (TPSA) is 92.7 Å². The van der Waals surface area contributed by atoms with E-state index in [0.29, 0.717) is 5.02 Å². The number of halogens is 1. The van der Waals surface area contributed by atoms with E-state index in [1.165, 1.54) is 25.3 Å². The number of fused-ring (bicyclic) bond motifs is 1. The van der Waals surface area contributed by atoms with Gasteiger partial charge in [-0.15, -0.1) is 0 Å². The molecule has 0 radical (unpaired) electrons. The fourth-order valence-electron chi connectivity index (χ4n) is 2.05. The van der Waals surface area contributed by atoms with Gasteiger partial charge >= 0.3 is 0 Å². The van der Waals surface area contributed by atoms with E-state index in [4.69, 9.17) is 25.2 Å². The molecule has 3 rings (SSSR count). The van der Waals surface area contributed by atoms with Crippen LogP contribution in [-0.4, -0.2) is 12.1 Å². The van der Waals surface area contributed by atoms with Crippen LogP contribution in [-0.2, 0) is 4.79 Å². The first-order chi connectivity index (χ1) is 11.0. The maximum Gasteiger partial charge on any atom is 0.235 e. The normalized spacial score (nSPS) is 12.3. The van der Waals surface area contributed by atoms with Crippen LogP contribution in [0.4, 0.5) is 0 Å². The van der Waals surface area contributed by atoms with Crippen LogP contribution in [0.1, 0.15) is 6.92 Å². The van der Waals surface area contributed by atoms with Crippen LogP contribution in [0.15, 0.2) is 50.2 Å². The SMILES string of the molecule is C[C@H](Oc1c(-c2ccco2)oc2ccc(Cl)cc2c1=O)C(=O)[O-]. The lowest BCUT2D eigenvalue weighted by Crippen LogP contribution is -2.38. The Balaban J connectivity index is 2.28. The minimum absolute atomic E-state index is 0.00271. The molecule has 0 spiro atoms. The zero-order valence-electron chi connectivity index (χ0n) is 11.9. The van der Waals surface area contributed by atoms with E-state index in [9.17, 15) is 14.7 Å². The average Bonchev–Trinajstić information content (AvgIpc) is 3.04. The number of carboxylic acid groups (broad SMARTS) is 1. The summed E-state index contributed by atoms with van der Waals surface area (Å²) in [5.74, 6) is -1.49. The summed E-state index contributed by atoms with van der Waals surface area (Å²) in [4.78, 5) is 23.6. The molecule has 1 atom stereocenters. The van der Waals surface area contributed by atoms with Crippen LogP contribution in [0.3, 0.4) is 0 Å². The number of ether oxygens (including phenoxy) is 1. The molecule has 0 fully saturated rings. The van der Waals surface area contributed by atoms with Gasteiger partial charge in [-0.2, -0.15) is 0 Å². The van der Waals surface area contributed by atoms with Crippen molar-refractivity contribution in [1.82, 2.24) is 0 Å². The Morgan fingerprint density at radius 3 is 2.78 bits per heavy atom. The molecule has 118 valence electrons. The summed E-state index contributed by atoms with van der Waals surface area (Å²) < 4.78 is 16.1. The maximum absolute atomic E-state index is 12.7. The van der Waals surface area contributed by atoms with Crippen LogP contribution >= 0.6 is 11.6 Å². The highest BCUT2D eigenvalue weighted by Gasteiger charge is 2.21. The molecule has 0 N–H and O–H groups in total. The van der Waals surface area contributed by atoms with Crippen LogP contribution in [0.2, 0.25) is 5.02 Å². The van der Waals surface area contributed by atoms with Crippen molar-refractivity contribution in [2.45, 2.75) is 13.0 Å². The molecule has 7 heteroatoms. The van der Waals surface area contributed by atoms with E-state index in [1.807, 2.05) is 0 Å². The van der Waals surface area contributed by atoms with E-state index >= 15 is 0 Å². The van der Waals surface area contributed by atoms with E-state index < -0.39 is 17.5 Å². The van der Waals surface area contributed by atoms with Gasteiger partial charge in [0.25, 0.3) is 0 Å². The lowest BCUT2D eigenvalue weighted by atomic mass is 10.2. The van der Waals surface area contributed by atoms with E-state index in [-0.39, 0.29) is 28.2 Å². The van der Waals surface area contributed by atoms with Crippen molar-refractivity contribution < 1.29 is 23.5 Å². The predicted molar refractivity (Wildman–Crippen MR) is 80.3 cm³/mol. The molecule has 0 aliphatic rings. The minimum Gasteiger partial charge on any atom is -0.546 e. The zero-order chi connectivity index (χ0) is 16.6. The molecule has 3 aromatic rings. The Hall–Kier alpha value is -2.73. The number of aliphatic carboxylic acids is 1. The first kappa shape index (κ1) is 15.2. The van der Waals surface area contributed by atoms with Crippen molar-refractivity contribution >= 4 is 28.5 Å². The van der Waals surface area contributed by atoms with Gasteiger partial charge in [-0.3, -0.25) is 4.79 Å². The zero-order valence-corrected chi connectivity index (χ0v) is 12.6. The van der Waals surface area contributed by atoms with Crippen molar-refractivity contribution in [2.75, 3.05) is 0 Å². The summed E-state index contributed by atoms with van der Waals surface area (Å²) in [6.45, 7) is 1.25. The summed E-state index contributed by atoms with van der Waals surface area (Å²) in [5.41, 5.74) is -0.271. The molecule has 0 aliphatic heterocycles. The van der Waals surface area contributed by atoms with Crippen molar-refractivity contribution in [3.63, 3.8) is 0 Å². The molecule has 0 saturated heterocycles. The van der Waals surface area contributed by atoms with Crippen molar-refractivity contribution in [3.8, 4) is 17.3 Å². The fraction of sp³-hybridized carbons (Fsp3) is 0.125. The smallest absolute Gasteiger partial charge is 0.235 e. The molecule has 2 aromatic heterocycles. The van der Waals surface area contributed by atoms with E-state index in [2.05, 4.69) is 0 Å². The molecular formula is C16H10ClO6-. The third-order valence-electron chi connectivity index (χ3n) is 3.18. The lowest BCUT2D eigenvalue weighted by molar-refractivity contribution is -0.312. The number of hydrogen-bond acceptors (Lipinski definition) is 6. The van der Waals surface area contributed by atoms with Crippen molar-refractivity contribution in [3.05, 3.63) is 51.8 Å². The Morgan fingerprint density at radius 1 is 1.35 bits per heavy atom. The Bertz CT molecular complexity index is 926. The van der Waals surface area contributed by atoms with E-state index in [0.717, 1.165) is 0 Å². The van der Waals surface area contributed by atoms with Gasteiger partial charge in [0.2, 0.25) is 16.9 Å². The molecule has 0 amide bonds. The first-order valence-corrected chi connectivity index (χ1v) is 7.03. The van der Waals surface area contributed by atoms with Crippen molar-refractivity contribution in [2.24, 2.45) is 0 Å². The molecular weight excluding hydrogens is 324 g/mol. The monoisotopic (exact) mass is 333 g/mol. The summed E-state index contributed by atoms with van der Waals surface area (Å²) >= 11 is 5.89. The van der Waals surface area contributed by atoms with Crippen LogP contribution in [0, 0.1) is 0 Å². The first-order valence-electron chi connectivity index (χ1n) is 6.65. The predicted octanol–water partition coefficient (Wildman–Crippen LogP) is 2.22. The summed E-state index contributed by atoms with van der Waals surface area (Å²) in [5, 5.41) is 11.4. The van der Waals surface area contributed by atoms with Gasteiger partial charge in [0, 0.05) is 5.02 Å². The second-order valence-corrected chi connectivity index (χ2v) is 5.22. The van der Waals surface area contributed by atoms with Gasteiger partial charge in [-0.05, 0) is 37.3 Å². The Labute approximate surface area is 134 Å². The minimum atomic E-state index is -1.46. The number of carboxylic acids is 1. The molecule has 0 saturated carbocycles. The summed E-state index contributed by atoms with van der Waals surface area (Å²) in [6.07, 6.45) is 0.0520. The quantitative estimate of drug-likeness (QED) is 0.726.